The molecule has 1 aromatic carbocycles. The molecular weight excluding hydrogens is 218 g/mol. The van der Waals surface area contributed by atoms with E-state index in [1.54, 1.807) is 6.20 Å². The number of nitrogens with zero attached hydrogens (tertiary/aromatic N) is 1. The third-order valence-corrected chi connectivity index (χ3v) is 3.48. The predicted molar refractivity (Wildman–Crippen MR) is 66.1 cm³/mol. The molecule has 3 heteroatoms. The molecule has 2 rings (SSSR count). The van der Waals surface area contributed by atoms with Gasteiger partial charge in [0, 0.05) is 17.1 Å². The second kappa shape index (κ2) is 4.58. The van der Waals surface area contributed by atoms with Crippen molar-refractivity contribution in [2.24, 2.45) is 0 Å². The van der Waals surface area contributed by atoms with E-state index in [9.17, 15) is 4.79 Å². The number of Topliss-reactive ketones (excluding diaryl/α,β-unsaturated/α-hetero) is 1. The van der Waals surface area contributed by atoms with E-state index < -0.39 is 0 Å². The number of benzene rings is 1. The minimum Gasteiger partial charge on any atom is -0.294 e. The van der Waals surface area contributed by atoms with Gasteiger partial charge in [-0.1, -0.05) is 18.2 Å². The van der Waals surface area contributed by atoms with Crippen LogP contribution in [0.3, 0.4) is 0 Å². The highest BCUT2D eigenvalue weighted by atomic mass is 32.1. The monoisotopic (exact) mass is 231 g/mol. The molecule has 0 N–H and O–H groups in total. The molecule has 0 amide bonds. The Morgan fingerprint density at radius 3 is 2.88 bits per heavy atom. The number of ketones is 1. The Hall–Kier alpha value is -1.48. The lowest BCUT2D eigenvalue weighted by molar-refractivity contribution is 0.0992. The average molecular weight is 231 g/mol. The second-order valence-electron chi connectivity index (χ2n) is 3.77. The van der Waals surface area contributed by atoms with Crippen LogP contribution in [0.25, 0.3) is 0 Å². The van der Waals surface area contributed by atoms with Gasteiger partial charge in [-0.15, -0.1) is 11.3 Å². The molecule has 82 valence electrons. The fourth-order valence-electron chi connectivity index (χ4n) is 1.63. The van der Waals surface area contributed by atoms with Crippen LogP contribution in [0.2, 0.25) is 0 Å². The third-order valence-electron chi connectivity index (χ3n) is 2.70. The zero-order chi connectivity index (χ0) is 11.5. The molecule has 2 aromatic rings. The van der Waals surface area contributed by atoms with Gasteiger partial charge in [0.25, 0.3) is 0 Å². The van der Waals surface area contributed by atoms with E-state index in [-0.39, 0.29) is 5.78 Å². The van der Waals surface area contributed by atoms with Crippen molar-refractivity contribution < 1.29 is 4.79 Å². The second-order valence-corrected chi connectivity index (χ2v) is 4.75. The zero-order valence-corrected chi connectivity index (χ0v) is 10.2. The summed E-state index contributed by atoms with van der Waals surface area (Å²) in [6.07, 6.45) is 2.14. The first-order valence-electron chi connectivity index (χ1n) is 5.16. The van der Waals surface area contributed by atoms with Crippen LogP contribution in [0.4, 0.5) is 0 Å². The van der Waals surface area contributed by atoms with Gasteiger partial charge in [0.15, 0.2) is 5.78 Å². The Bertz CT molecular complexity index is 503. The summed E-state index contributed by atoms with van der Waals surface area (Å²) in [6.45, 7) is 4.01. The largest absolute Gasteiger partial charge is 0.294 e. The van der Waals surface area contributed by atoms with Crippen molar-refractivity contribution >= 4 is 17.1 Å². The molecule has 2 nitrogen and oxygen atoms in total. The van der Waals surface area contributed by atoms with Gasteiger partial charge in [-0.25, -0.2) is 4.98 Å². The number of hydrogen-bond donors (Lipinski definition) is 0. The maximum absolute atomic E-state index is 12.1. The first kappa shape index (κ1) is 11.0. The van der Waals surface area contributed by atoms with Crippen LogP contribution in [-0.4, -0.2) is 10.8 Å². The van der Waals surface area contributed by atoms with Gasteiger partial charge in [-0.3, -0.25) is 4.79 Å². The molecule has 0 aliphatic carbocycles. The summed E-state index contributed by atoms with van der Waals surface area (Å²) in [5, 5.41) is 2.78. The Balaban J connectivity index is 2.24. The number of thiazole rings is 1. The summed E-state index contributed by atoms with van der Waals surface area (Å²) < 4.78 is 0. The van der Waals surface area contributed by atoms with Crippen LogP contribution in [0.1, 0.15) is 26.5 Å². The maximum Gasteiger partial charge on any atom is 0.169 e. The van der Waals surface area contributed by atoms with Crippen molar-refractivity contribution in [2.45, 2.75) is 20.3 Å². The number of carbonyl (C=O) groups is 1. The summed E-state index contributed by atoms with van der Waals surface area (Å²) >= 11 is 1.52. The molecular formula is C13H13NOS. The highest BCUT2D eigenvalue weighted by Crippen LogP contribution is 2.16. The van der Waals surface area contributed by atoms with Crippen LogP contribution in [0.5, 0.6) is 0 Å². The van der Waals surface area contributed by atoms with E-state index in [2.05, 4.69) is 4.98 Å². The standard InChI is InChI=1S/C13H13NOS/c1-9-4-3-5-11(10(9)2)12(15)8-13-14-6-7-16-13/h3-7H,8H2,1-2H3. The normalized spacial score (nSPS) is 10.4. The Labute approximate surface area is 99.0 Å². The van der Waals surface area contributed by atoms with Gasteiger partial charge >= 0.3 is 0 Å². The third kappa shape index (κ3) is 2.19. The molecule has 0 saturated heterocycles. The van der Waals surface area contributed by atoms with Gasteiger partial charge in [-0.2, -0.15) is 0 Å². The Kier molecular flexibility index (Phi) is 3.15. The van der Waals surface area contributed by atoms with Gasteiger partial charge in [0.05, 0.1) is 6.42 Å². The zero-order valence-electron chi connectivity index (χ0n) is 9.36. The van der Waals surface area contributed by atoms with Crippen LogP contribution in [0, 0.1) is 13.8 Å². The summed E-state index contributed by atoms with van der Waals surface area (Å²) in [4.78, 5) is 16.2. The number of rotatable bonds is 3. The minimum absolute atomic E-state index is 0.149. The molecule has 0 saturated carbocycles. The summed E-state index contributed by atoms with van der Waals surface area (Å²) in [6, 6.07) is 5.84. The lowest BCUT2D eigenvalue weighted by atomic mass is 9.99. The SMILES string of the molecule is Cc1cccc(C(=O)Cc2nccs2)c1C. The van der Waals surface area contributed by atoms with Crippen molar-refractivity contribution in [3.8, 4) is 0 Å². The smallest absolute Gasteiger partial charge is 0.169 e. The highest BCUT2D eigenvalue weighted by Gasteiger charge is 2.11. The first-order valence-corrected chi connectivity index (χ1v) is 6.04. The molecule has 0 spiro atoms. The highest BCUT2D eigenvalue weighted by molar-refractivity contribution is 7.09. The first-order chi connectivity index (χ1) is 7.68. The quantitative estimate of drug-likeness (QED) is 0.759. The average Bonchev–Trinajstić information content (AvgIpc) is 2.74. The lowest BCUT2D eigenvalue weighted by Gasteiger charge is -2.06. The molecule has 0 aliphatic rings. The van der Waals surface area contributed by atoms with E-state index >= 15 is 0 Å². The lowest BCUT2D eigenvalue weighted by Crippen LogP contribution is -2.06. The van der Waals surface area contributed by atoms with Crippen molar-refractivity contribution in [1.29, 1.82) is 0 Å². The van der Waals surface area contributed by atoms with E-state index in [0.717, 1.165) is 21.7 Å². The number of aromatic nitrogens is 1. The molecule has 0 atom stereocenters. The number of carbonyl (C=O) groups excluding carboxylic acids is 1. The van der Waals surface area contributed by atoms with Crippen molar-refractivity contribution in [3.63, 3.8) is 0 Å². The van der Waals surface area contributed by atoms with Crippen LogP contribution in [0.15, 0.2) is 29.8 Å². The Morgan fingerprint density at radius 2 is 2.19 bits per heavy atom. The van der Waals surface area contributed by atoms with E-state index in [1.165, 1.54) is 11.3 Å². The predicted octanol–water partition coefficient (Wildman–Crippen LogP) is 3.19. The minimum atomic E-state index is 0.149. The summed E-state index contributed by atoms with van der Waals surface area (Å²) in [5.41, 5.74) is 3.05. The molecule has 16 heavy (non-hydrogen) atoms. The van der Waals surface area contributed by atoms with Gasteiger partial charge in [0.2, 0.25) is 0 Å². The van der Waals surface area contributed by atoms with Gasteiger partial charge in [0.1, 0.15) is 5.01 Å². The van der Waals surface area contributed by atoms with E-state index in [1.807, 2.05) is 37.4 Å². The molecule has 0 bridgehead atoms. The van der Waals surface area contributed by atoms with Crippen LogP contribution in [-0.2, 0) is 6.42 Å². The van der Waals surface area contributed by atoms with Crippen molar-refractivity contribution in [1.82, 2.24) is 4.98 Å². The molecule has 1 aromatic heterocycles. The molecule has 0 radical (unpaired) electrons. The van der Waals surface area contributed by atoms with E-state index in [4.69, 9.17) is 0 Å². The summed E-state index contributed by atoms with van der Waals surface area (Å²) in [7, 11) is 0. The maximum atomic E-state index is 12.1. The summed E-state index contributed by atoms with van der Waals surface area (Å²) in [5.74, 6) is 0.149. The molecule has 0 aliphatic heterocycles. The van der Waals surface area contributed by atoms with Gasteiger partial charge in [-0.05, 0) is 25.0 Å². The van der Waals surface area contributed by atoms with Gasteiger partial charge < -0.3 is 0 Å². The molecule has 0 unspecified atom stereocenters. The van der Waals surface area contributed by atoms with Crippen LogP contribution < -0.4 is 0 Å². The Morgan fingerprint density at radius 1 is 1.38 bits per heavy atom. The van der Waals surface area contributed by atoms with Crippen molar-refractivity contribution in [3.05, 3.63) is 51.5 Å². The van der Waals surface area contributed by atoms with E-state index in [0.29, 0.717) is 6.42 Å². The molecule has 0 fully saturated rings. The topological polar surface area (TPSA) is 30.0 Å². The van der Waals surface area contributed by atoms with Crippen molar-refractivity contribution in [2.75, 3.05) is 0 Å². The fourth-order valence-corrected chi connectivity index (χ4v) is 2.24. The van der Waals surface area contributed by atoms with Crippen LogP contribution >= 0.6 is 11.3 Å². The fraction of sp³-hybridized carbons (Fsp3) is 0.231. The molecule has 1 heterocycles. The number of hydrogen-bond acceptors (Lipinski definition) is 3. The number of aryl methyl sites for hydroxylation is 1.